The van der Waals surface area contributed by atoms with Crippen LogP contribution in [0.2, 0.25) is 0 Å². The maximum absolute atomic E-state index is 10.9. The fourth-order valence-electron chi connectivity index (χ4n) is 1.83. The summed E-state index contributed by atoms with van der Waals surface area (Å²) in [5.41, 5.74) is 6.25. The summed E-state index contributed by atoms with van der Waals surface area (Å²) in [7, 11) is 3.30. The molecule has 2 aromatic rings. The van der Waals surface area contributed by atoms with Crippen LogP contribution in [-0.2, 0) is 0 Å². The normalized spacial score (nSPS) is 10.1. The van der Waals surface area contributed by atoms with Crippen LogP contribution in [0.4, 0.5) is 23.0 Å². The number of aromatic nitrogens is 1. The summed E-state index contributed by atoms with van der Waals surface area (Å²) in [6.45, 7) is 0. The van der Waals surface area contributed by atoms with Crippen LogP contribution in [0.3, 0.4) is 0 Å². The number of pyridine rings is 1. The number of nitrogens with two attached hydrogens (primary N) is 1. The smallest absolute Gasteiger partial charge is 0.276 e. The van der Waals surface area contributed by atoms with E-state index in [1.165, 1.54) is 12.1 Å². The summed E-state index contributed by atoms with van der Waals surface area (Å²) >= 11 is 0. The van der Waals surface area contributed by atoms with Crippen LogP contribution in [0.1, 0.15) is 0 Å². The molecule has 0 saturated carbocycles. The number of hydrogen-bond donors (Lipinski definition) is 1. The molecular formula is C13H14N4O3. The van der Waals surface area contributed by atoms with E-state index in [0.29, 0.717) is 11.6 Å². The maximum atomic E-state index is 10.9. The molecule has 2 rings (SSSR count). The lowest BCUT2D eigenvalue weighted by Crippen LogP contribution is -2.13. The number of ether oxygens (including phenoxy) is 1. The number of methoxy groups -OCH3 is 1. The van der Waals surface area contributed by atoms with Crippen LogP contribution >= 0.6 is 0 Å². The molecule has 0 fully saturated rings. The minimum absolute atomic E-state index is 0.0935. The van der Waals surface area contributed by atoms with Crippen LogP contribution < -0.4 is 15.4 Å². The molecule has 104 valence electrons. The lowest BCUT2D eigenvalue weighted by Gasteiger charge is -2.20. The van der Waals surface area contributed by atoms with E-state index >= 15 is 0 Å². The second kappa shape index (κ2) is 5.43. The van der Waals surface area contributed by atoms with Crippen molar-refractivity contribution >= 4 is 23.0 Å². The molecule has 2 N–H and O–H groups in total. The molecule has 20 heavy (non-hydrogen) atoms. The Morgan fingerprint density at radius 3 is 2.70 bits per heavy atom. The zero-order chi connectivity index (χ0) is 14.7. The second-order valence-corrected chi connectivity index (χ2v) is 4.10. The minimum Gasteiger partial charge on any atom is -0.495 e. The summed E-state index contributed by atoms with van der Waals surface area (Å²) in [5.74, 6) is 1.11. The molecule has 0 unspecified atom stereocenters. The molecule has 0 radical (unpaired) electrons. The highest BCUT2D eigenvalue weighted by molar-refractivity contribution is 5.68. The van der Waals surface area contributed by atoms with E-state index < -0.39 is 4.92 Å². The topological polar surface area (TPSA) is 94.5 Å². The van der Waals surface area contributed by atoms with Gasteiger partial charge in [-0.1, -0.05) is 12.1 Å². The van der Waals surface area contributed by atoms with Gasteiger partial charge in [-0.25, -0.2) is 4.98 Å². The quantitative estimate of drug-likeness (QED) is 0.679. The third kappa shape index (κ3) is 2.61. The summed E-state index contributed by atoms with van der Waals surface area (Å²) < 4.78 is 5.26. The first-order chi connectivity index (χ1) is 9.52. The van der Waals surface area contributed by atoms with Crippen molar-refractivity contribution < 1.29 is 9.66 Å². The van der Waals surface area contributed by atoms with Gasteiger partial charge in [0.05, 0.1) is 29.9 Å². The molecule has 7 heteroatoms. The number of nitrogens with zero attached hydrogens (tertiary/aromatic N) is 3. The molecule has 0 aliphatic heterocycles. The molecule has 0 saturated heterocycles. The van der Waals surface area contributed by atoms with Gasteiger partial charge in [-0.3, -0.25) is 10.1 Å². The Morgan fingerprint density at radius 1 is 1.35 bits per heavy atom. The van der Waals surface area contributed by atoms with Crippen LogP contribution in [0, 0.1) is 10.1 Å². The number of benzene rings is 1. The van der Waals surface area contributed by atoms with Gasteiger partial charge in [0.1, 0.15) is 17.4 Å². The molecule has 0 bridgehead atoms. The van der Waals surface area contributed by atoms with Crippen molar-refractivity contribution in [2.24, 2.45) is 0 Å². The van der Waals surface area contributed by atoms with Crippen molar-refractivity contribution in [2.45, 2.75) is 0 Å². The summed E-state index contributed by atoms with van der Waals surface area (Å²) in [6.07, 6.45) is 0. The largest absolute Gasteiger partial charge is 0.495 e. The predicted molar refractivity (Wildman–Crippen MR) is 76.4 cm³/mol. The number of anilines is 3. The number of hydrogen-bond acceptors (Lipinski definition) is 6. The third-order valence-electron chi connectivity index (χ3n) is 2.82. The second-order valence-electron chi connectivity index (χ2n) is 4.10. The Balaban J connectivity index is 2.47. The zero-order valence-corrected chi connectivity index (χ0v) is 11.1. The Hall–Kier alpha value is -2.83. The van der Waals surface area contributed by atoms with E-state index in [1.54, 1.807) is 25.1 Å². The van der Waals surface area contributed by atoms with Crippen molar-refractivity contribution in [1.82, 2.24) is 4.98 Å². The van der Waals surface area contributed by atoms with Gasteiger partial charge >= 0.3 is 0 Å². The van der Waals surface area contributed by atoms with Gasteiger partial charge in [-0.15, -0.1) is 0 Å². The fraction of sp³-hybridized carbons (Fsp3) is 0.154. The lowest BCUT2D eigenvalue weighted by atomic mass is 10.2. The number of para-hydroxylation sites is 2. The van der Waals surface area contributed by atoms with Crippen LogP contribution in [0.25, 0.3) is 0 Å². The number of nitro groups is 1. The van der Waals surface area contributed by atoms with E-state index in [2.05, 4.69) is 4.98 Å². The van der Waals surface area contributed by atoms with E-state index in [9.17, 15) is 10.1 Å². The first kappa shape index (κ1) is 13.6. The molecule has 1 aromatic carbocycles. The molecule has 0 amide bonds. The van der Waals surface area contributed by atoms with E-state index in [-0.39, 0.29) is 11.5 Å². The molecule has 0 aliphatic rings. The van der Waals surface area contributed by atoms with Crippen molar-refractivity contribution in [3.8, 4) is 5.75 Å². The highest BCUT2D eigenvalue weighted by Gasteiger charge is 2.15. The van der Waals surface area contributed by atoms with Crippen molar-refractivity contribution in [1.29, 1.82) is 0 Å². The Bertz CT molecular complexity index is 645. The van der Waals surface area contributed by atoms with Gasteiger partial charge in [-0.2, -0.15) is 0 Å². The standard InChI is InChI=1S/C13H14N4O3/c1-16(10-5-3-4-6-11(10)20-2)13-8-9(17(18)19)7-12(14)15-13/h3-8H,1-2H3,(H2,14,15). The fourth-order valence-corrected chi connectivity index (χ4v) is 1.83. The highest BCUT2D eigenvalue weighted by Crippen LogP contribution is 2.32. The summed E-state index contributed by atoms with van der Waals surface area (Å²) in [5, 5.41) is 10.9. The highest BCUT2D eigenvalue weighted by atomic mass is 16.6. The van der Waals surface area contributed by atoms with Gasteiger partial charge in [0.25, 0.3) is 5.69 Å². The average molecular weight is 274 g/mol. The van der Waals surface area contributed by atoms with Crippen LogP contribution in [0.5, 0.6) is 5.75 Å². The maximum Gasteiger partial charge on any atom is 0.276 e. The lowest BCUT2D eigenvalue weighted by molar-refractivity contribution is -0.384. The van der Waals surface area contributed by atoms with Crippen LogP contribution in [0.15, 0.2) is 36.4 Å². The van der Waals surface area contributed by atoms with Gasteiger partial charge < -0.3 is 15.4 Å². The molecule has 1 aromatic heterocycles. The zero-order valence-electron chi connectivity index (χ0n) is 11.1. The SMILES string of the molecule is COc1ccccc1N(C)c1cc([N+](=O)[O-])cc(N)n1. The van der Waals surface area contributed by atoms with E-state index in [4.69, 9.17) is 10.5 Å². The monoisotopic (exact) mass is 274 g/mol. The Morgan fingerprint density at radius 2 is 2.05 bits per heavy atom. The molecule has 0 atom stereocenters. The molecule has 0 spiro atoms. The molecule has 0 aliphatic carbocycles. The van der Waals surface area contributed by atoms with Gasteiger partial charge in [-0.05, 0) is 12.1 Å². The number of nitrogen functional groups attached to an aromatic ring is 1. The third-order valence-corrected chi connectivity index (χ3v) is 2.82. The minimum atomic E-state index is -0.502. The van der Waals surface area contributed by atoms with Crippen molar-refractivity contribution in [3.63, 3.8) is 0 Å². The first-order valence-electron chi connectivity index (χ1n) is 5.81. The van der Waals surface area contributed by atoms with E-state index in [0.717, 1.165) is 5.69 Å². The van der Waals surface area contributed by atoms with E-state index in [1.807, 2.05) is 18.2 Å². The Kier molecular flexibility index (Phi) is 3.69. The first-order valence-corrected chi connectivity index (χ1v) is 5.81. The van der Waals surface area contributed by atoms with Crippen molar-refractivity contribution in [2.75, 3.05) is 24.8 Å². The van der Waals surface area contributed by atoms with Gasteiger partial charge in [0, 0.05) is 7.05 Å². The number of rotatable bonds is 4. The van der Waals surface area contributed by atoms with Crippen LogP contribution in [-0.4, -0.2) is 24.1 Å². The van der Waals surface area contributed by atoms with Crippen molar-refractivity contribution in [3.05, 3.63) is 46.5 Å². The molecule has 1 heterocycles. The summed E-state index contributed by atoms with van der Waals surface area (Å²) in [6, 6.07) is 9.89. The van der Waals surface area contributed by atoms with Gasteiger partial charge in [0.15, 0.2) is 0 Å². The summed E-state index contributed by atoms with van der Waals surface area (Å²) in [4.78, 5) is 16.2. The van der Waals surface area contributed by atoms with Gasteiger partial charge in [0.2, 0.25) is 0 Å². The Labute approximate surface area is 115 Å². The predicted octanol–water partition coefficient (Wildman–Crippen LogP) is 2.35. The molecule has 7 nitrogen and oxygen atoms in total. The molecular weight excluding hydrogens is 260 g/mol. The average Bonchev–Trinajstić information content (AvgIpc) is 2.45.